The van der Waals surface area contributed by atoms with E-state index in [0.717, 1.165) is 22.7 Å². The number of aromatic nitrogens is 1. The lowest BCUT2D eigenvalue weighted by Crippen LogP contribution is -2.17. The summed E-state index contributed by atoms with van der Waals surface area (Å²) in [7, 11) is 0. The highest BCUT2D eigenvalue weighted by molar-refractivity contribution is 6.09. The number of para-hydroxylation sites is 2. The molecule has 10 aromatic carbocycles. The minimum Gasteiger partial charge on any atom is -0.310 e. The highest BCUT2D eigenvalue weighted by Gasteiger charge is 2.36. The van der Waals surface area contributed by atoms with Gasteiger partial charge in [0, 0.05) is 38.8 Å². The van der Waals surface area contributed by atoms with Crippen molar-refractivity contribution in [3.8, 4) is 61.3 Å². The first kappa shape index (κ1) is 38.5. The minimum absolute atomic E-state index is 0.133. The molecule has 11 aromatic rings. The molecule has 1 aromatic heterocycles. The fourth-order valence-corrected chi connectivity index (χ4v) is 10.3. The Kier molecular flexibility index (Phi) is 9.21. The van der Waals surface area contributed by atoms with Crippen LogP contribution in [0, 0.1) is 0 Å². The molecule has 1 heterocycles. The topological polar surface area (TPSA) is 8.17 Å². The molecular formula is C63H46N2. The lowest BCUT2D eigenvalue weighted by molar-refractivity contribution is 0.660. The van der Waals surface area contributed by atoms with E-state index in [-0.39, 0.29) is 5.41 Å². The first-order chi connectivity index (χ1) is 32.0. The van der Waals surface area contributed by atoms with E-state index in [4.69, 9.17) is 0 Å². The standard InChI is InChI=1S/C63H46N2/c1-63(2)58-22-12-9-19-54(58)55-40-38-52(42-59(55)63)64(62-41-49(43-15-5-3-6-16-43)33-39-53(62)48-17-7-4-8-18-48)50-34-29-46(30-35-50)44-25-27-45(28-26-44)47-31-36-51(37-32-47)65-60-23-13-10-20-56(60)57-21-11-14-24-61(57)65/h3-42H,1-2H3. The summed E-state index contributed by atoms with van der Waals surface area (Å²) in [5, 5.41) is 2.55. The van der Waals surface area contributed by atoms with Crippen LogP contribution in [0.1, 0.15) is 25.0 Å². The Bertz CT molecular complexity index is 3470. The molecule has 65 heavy (non-hydrogen) atoms. The Hall–Kier alpha value is -8.20. The zero-order valence-electron chi connectivity index (χ0n) is 36.5. The second kappa shape index (κ2) is 15.6. The third-order valence-electron chi connectivity index (χ3n) is 13.6. The molecule has 0 radical (unpaired) electrons. The van der Waals surface area contributed by atoms with Crippen LogP contribution in [-0.4, -0.2) is 4.57 Å². The average molecular weight is 831 g/mol. The van der Waals surface area contributed by atoms with Gasteiger partial charge in [0.25, 0.3) is 0 Å². The molecule has 1 aliphatic rings. The van der Waals surface area contributed by atoms with Crippen molar-refractivity contribution >= 4 is 38.9 Å². The van der Waals surface area contributed by atoms with Gasteiger partial charge in [-0.25, -0.2) is 0 Å². The van der Waals surface area contributed by atoms with Gasteiger partial charge in [-0.3, -0.25) is 0 Å². The summed E-state index contributed by atoms with van der Waals surface area (Å²) in [6, 6.07) is 88.8. The summed E-state index contributed by atoms with van der Waals surface area (Å²) in [4.78, 5) is 2.46. The smallest absolute Gasteiger partial charge is 0.0546 e. The summed E-state index contributed by atoms with van der Waals surface area (Å²) < 4.78 is 2.37. The molecule has 0 atom stereocenters. The van der Waals surface area contributed by atoms with Crippen LogP contribution in [0.15, 0.2) is 243 Å². The van der Waals surface area contributed by atoms with Crippen molar-refractivity contribution in [2.24, 2.45) is 0 Å². The molecule has 12 rings (SSSR count). The average Bonchev–Trinajstić information content (AvgIpc) is 3.83. The van der Waals surface area contributed by atoms with Gasteiger partial charge < -0.3 is 9.47 Å². The molecule has 1 aliphatic carbocycles. The van der Waals surface area contributed by atoms with Crippen molar-refractivity contribution in [1.29, 1.82) is 0 Å². The maximum Gasteiger partial charge on any atom is 0.0546 e. The van der Waals surface area contributed by atoms with E-state index in [1.165, 1.54) is 88.6 Å². The van der Waals surface area contributed by atoms with Gasteiger partial charge in [0.1, 0.15) is 0 Å². The lowest BCUT2D eigenvalue weighted by atomic mass is 9.82. The Morgan fingerprint density at radius 2 is 0.769 bits per heavy atom. The van der Waals surface area contributed by atoms with E-state index in [1.54, 1.807) is 0 Å². The number of nitrogens with zero attached hydrogens (tertiary/aromatic N) is 2. The first-order valence-electron chi connectivity index (χ1n) is 22.6. The van der Waals surface area contributed by atoms with Crippen molar-refractivity contribution in [2.75, 3.05) is 4.90 Å². The van der Waals surface area contributed by atoms with Gasteiger partial charge in [-0.05, 0) is 116 Å². The van der Waals surface area contributed by atoms with E-state index in [0.29, 0.717) is 0 Å². The molecule has 0 spiro atoms. The SMILES string of the molecule is CC1(C)c2ccccc2-c2ccc(N(c3ccc(-c4ccc(-c5ccc(-n6c7ccccc7c7ccccc76)cc5)cc4)cc3)c3cc(-c4ccccc4)ccc3-c3ccccc3)cc21. The quantitative estimate of drug-likeness (QED) is 0.148. The molecule has 2 nitrogen and oxygen atoms in total. The molecule has 0 unspecified atom stereocenters. The molecule has 0 bridgehead atoms. The van der Waals surface area contributed by atoms with Crippen LogP contribution in [0.25, 0.3) is 83.1 Å². The van der Waals surface area contributed by atoms with Gasteiger partial charge in [0.15, 0.2) is 0 Å². The summed E-state index contributed by atoms with van der Waals surface area (Å²) in [5.74, 6) is 0. The highest BCUT2D eigenvalue weighted by atomic mass is 15.1. The van der Waals surface area contributed by atoms with Crippen LogP contribution in [-0.2, 0) is 5.41 Å². The maximum atomic E-state index is 2.46. The van der Waals surface area contributed by atoms with Gasteiger partial charge in [-0.2, -0.15) is 0 Å². The van der Waals surface area contributed by atoms with Gasteiger partial charge in [-0.1, -0.05) is 202 Å². The fraction of sp³-hybridized carbons (Fsp3) is 0.0476. The third-order valence-corrected chi connectivity index (χ3v) is 13.6. The summed E-state index contributed by atoms with van der Waals surface area (Å²) in [6.45, 7) is 4.72. The second-order valence-electron chi connectivity index (χ2n) is 17.7. The van der Waals surface area contributed by atoms with Crippen LogP contribution in [0.4, 0.5) is 17.1 Å². The van der Waals surface area contributed by atoms with Gasteiger partial charge >= 0.3 is 0 Å². The first-order valence-corrected chi connectivity index (χ1v) is 22.6. The molecule has 0 fully saturated rings. The molecular weight excluding hydrogens is 785 g/mol. The third kappa shape index (κ3) is 6.57. The highest BCUT2D eigenvalue weighted by Crippen LogP contribution is 2.51. The van der Waals surface area contributed by atoms with Gasteiger partial charge in [0.05, 0.1) is 16.7 Å². The van der Waals surface area contributed by atoms with Crippen molar-refractivity contribution in [1.82, 2.24) is 4.57 Å². The van der Waals surface area contributed by atoms with E-state index < -0.39 is 0 Å². The van der Waals surface area contributed by atoms with E-state index in [2.05, 4.69) is 266 Å². The van der Waals surface area contributed by atoms with Crippen molar-refractivity contribution in [3.05, 3.63) is 254 Å². The zero-order chi connectivity index (χ0) is 43.5. The van der Waals surface area contributed by atoms with Crippen molar-refractivity contribution in [3.63, 3.8) is 0 Å². The number of anilines is 3. The Balaban J connectivity index is 0.917. The van der Waals surface area contributed by atoms with E-state index in [1.807, 2.05) is 0 Å². The van der Waals surface area contributed by atoms with Crippen LogP contribution in [0.2, 0.25) is 0 Å². The molecule has 2 heteroatoms. The number of benzene rings is 10. The van der Waals surface area contributed by atoms with Crippen molar-refractivity contribution < 1.29 is 0 Å². The number of hydrogen-bond donors (Lipinski definition) is 0. The molecule has 0 amide bonds. The van der Waals surface area contributed by atoms with E-state index >= 15 is 0 Å². The normalized spacial score (nSPS) is 12.6. The van der Waals surface area contributed by atoms with Crippen LogP contribution >= 0.6 is 0 Å². The Labute approximate surface area is 381 Å². The number of hydrogen-bond acceptors (Lipinski definition) is 1. The zero-order valence-corrected chi connectivity index (χ0v) is 36.5. The molecule has 308 valence electrons. The number of rotatable bonds is 8. The molecule has 0 aliphatic heterocycles. The van der Waals surface area contributed by atoms with Crippen molar-refractivity contribution in [2.45, 2.75) is 19.3 Å². The van der Waals surface area contributed by atoms with Crippen LogP contribution in [0.5, 0.6) is 0 Å². The monoisotopic (exact) mass is 830 g/mol. The van der Waals surface area contributed by atoms with Crippen LogP contribution in [0.3, 0.4) is 0 Å². The predicted molar refractivity (Wildman–Crippen MR) is 275 cm³/mol. The molecule has 0 N–H and O–H groups in total. The van der Waals surface area contributed by atoms with E-state index in [9.17, 15) is 0 Å². The lowest BCUT2D eigenvalue weighted by Gasteiger charge is -2.30. The number of fused-ring (bicyclic) bond motifs is 6. The summed E-state index contributed by atoms with van der Waals surface area (Å²) in [6.07, 6.45) is 0. The largest absolute Gasteiger partial charge is 0.310 e. The van der Waals surface area contributed by atoms with Gasteiger partial charge in [0.2, 0.25) is 0 Å². The summed E-state index contributed by atoms with van der Waals surface area (Å²) in [5.41, 5.74) is 21.7. The molecule has 0 saturated heterocycles. The molecule has 0 saturated carbocycles. The predicted octanol–water partition coefficient (Wildman–Crippen LogP) is 17.2. The fourth-order valence-electron chi connectivity index (χ4n) is 10.3. The Morgan fingerprint density at radius 1 is 0.323 bits per heavy atom. The maximum absolute atomic E-state index is 2.46. The van der Waals surface area contributed by atoms with Crippen LogP contribution < -0.4 is 4.90 Å². The summed E-state index contributed by atoms with van der Waals surface area (Å²) >= 11 is 0. The Morgan fingerprint density at radius 3 is 1.40 bits per heavy atom. The van der Waals surface area contributed by atoms with Gasteiger partial charge in [-0.15, -0.1) is 0 Å². The minimum atomic E-state index is -0.133. The second-order valence-corrected chi connectivity index (χ2v) is 17.7.